The summed E-state index contributed by atoms with van der Waals surface area (Å²) in [7, 11) is 1.62. The lowest BCUT2D eigenvalue weighted by atomic mass is 10.1. The van der Waals surface area contributed by atoms with E-state index in [-0.39, 0.29) is 19.0 Å². The number of methoxy groups -OCH3 is 1. The van der Waals surface area contributed by atoms with Crippen LogP contribution >= 0.6 is 0 Å². The van der Waals surface area contributed by atoms with Gasteiger partial charge in [-0.05, 0) is 29.8 Å². The largest absolute Gasteiger partial charge is 0.493 e. The number of nitrogens with zero attached hydrogens (tertiary/aromatic N) is 3. The minimum atomic E-state index is -1.23. The van der Waals surface area contributed by atoms with Crippen LogP contribution in [-0.4, -0.2) is 71.8 Å². The topological polar surface area (TPSA) is 78.2 Å². The number of hydrogen-bond acceptors (Lipinski definition) is 7. The van der Waals surface area contributed by atoms with Crippen molar-refractivity contribution in [2.24, 2.45) is 0 Å². The van der Waals surface area contributed by atoms with Crippen molar-refractivity contribution in [3.05, 3.63) is 72.1 Å². The summed E-state index contributed by atoms with van der Waals surface area (Å²) in [4.78, 5) is 6.47. The van der Waals surface area contributed by atoms with Gasteiger partial charge < -0.3 is 28.6 Å². The molecule has 0 saturated carbocycles. The fraction of sp³-hybridized carbons (Fsp3) is 0.444. The zero-order valence-corrected chi connectivity index (χ0v) is 20.9. The third-order valence-corrected chi connectivity index (χ3v) is 6.09. The van der Waals surface area contributed by atoms with Crippen molar-refractivity contribution in [2.45, 2.75) is 32.0 Å². The summed E-state index contributed by atoms with van der Waals surface area (Å²) in [6.07, 6.45) is 4.62. The Hall–Kier alpha value is -3.14. The maximum atomic E-state index is 13.5. The van der Waals surface area contributed by atoms with Crippen molar-refractivity contribution < 1.29 is 28.4 Å². The molecule has 8 nitrogen and oxygen atoms in total. The fourth-order valence-corrected chi connectivity index (χ4v) is 4.30. The highest BCUT2D eigenvalue weighted by Gasteiger charge is 2.33. The molecule has 4 rings (SSSR count). The molecule has 9 heteroatoms. The number of imidazole rings is 1. The summed E-state index contributed by atoms with van der Waals surface area (Å²) in [6.45, 7) is 5.49. The third kappa shape index (κ3) is 6.96. The third-order valence-electron chi connectivity index (χ3n) is 6.09. The quantitative estimate of drug-likeness (QED) is 0.434. The van der Waals surface area contributed by atoms with E-state index in [1.807, 2.05) is 24.4 Å². The van der Waals surface area contributed by atoms with Crippen LogP contribution in [0.25, 0.3) is 0 Å². The Labute approximate surface area is 211 Å². The number of benzene rings is 2. The summed E-state index contributed by atoms with van der Waals surface area (Å²) in [5.41, 5.74) is -0.200. The van der Waals surface area contributed by atoms with Gasteiger partial charge in [0.2, 0.25) is 0 Å². The van der Waals surface area contributed by atoms with Crippen molar-refractivity contribution in [3.63, 3.8) is 0 Å². The van der Waals surface area contributed by atoms with Crippen LogP contribution in [0.4, 0.5) is 4.39 Å². The van der Waals surface area contributed by atoms with Crippen molar-refractivity contribution in [2.75, 3.05) is 46.6 Å². The number of halogens is 1. The maximum Gasteiger partial charge on any atom is 0.161 e. The van der Waals surface area contributed by atoms with Gasteiger partial charge in [0.1, 0.15) is 36.2 Å². The van der Waals surface area contributed by atoms with E-state index < -0.39 is 5.60 Å². The van der Waals surface area contributed by atoms with Crippen molar-refractivity contribution in [3.8, 4) is 17.2 Å². The predicted octanol–water partition coefficient (Wildman–Crippen LogP) is 3.31. The van der Waals surface area contributed by atoms with Gasteiger partial charge in [-0.15, -0.1) is 0 Å². The van der Waals surface area contributed by atoms with E-state index in [9.17, 15) is 9.50 Å². The second-order valence-electron chi connectivity index (χ2n) is 8.96. The minimum absolute atomic E-state index is 0.00206. The summed E-state index contributed by atoms with van der Waals surface area (Å²) in [6, 6.07) is 11.8. The molecule has 1 aliphatic heterocycles. The number of aryl methyl sites for hydroxylation is 1. The lowest BCUT2D eigenvalue weighted by Gasteiger charge is -2.30. The number of aliphatic hydroxyl groups is 1. The van der Waals surface area contributed by atoms with E-state index in [1.54, 1.807) is 25.4 Å². The zero-order valence-electron chi connectivity index (χ0n) is 20.9. The van der Waals surface area contributed by atoms with Gasteiger partial charge >= 0.3 is 0 Å². The van der Waals surface area contributed by atoms with Crippen LogP contribution in [0, 0.1) is 5.82 Å². The molecule has 0 unspecified atom stereocenters. The van der Waals surface area contributed by atoms with Gasteiger partial charge in [0.05, 0.1) is 26.9 Å². The molecule has 1 N–H and O–H groups in total. The van der Waals surface area contributed by atoms with Gasteiger partial charge in [-0.25, -0.2) is 9.37 Å². The molecule has 3 aromatic rings. The van der Waals surface area contributed by atoms with Crippen molar-refractivity contribution in [1.29, 1.82) is 0 Å². The first-order chi connectivity index (χ1) is 17.5. The predicted molar refractivity (Wildman–Crippen MR) is 133 cm³/mol. The van der Waals surface area contributed by atoms with E-state index in [0.29, 0.717) is 56.6 Å². The second kappa shape index (κ2) is 12.2. The van der Waals surface area contributed by atoms with Gasteiger partial charge in [-0.2, -0.15) is 0 Å². The fourth-order valence-electron chi connectivity index (χ4n) is 4.30. The minimum Gasteiger partial charge on any atom is -0.493 e. The molecular formula is C27H34FN3O5. The SMILES string of the molecule is CCc1nccn1CCOc1cc(CN2CCOC[C@](O)(COc3cccc(F)c3)C2)ccc1OC. The molecule has 2 aromatic carbocycles. The average molecular weight is 500 g/mol. The molecular weight excluding hydrogens is 465 g/mol. The highest BCUT2D eigenvalue weighted by molar-refractivity contribution is 5.43. The van der Waals surface area contributed by atoms with Crippen LogP contribution in [0.1, 0.15) is 18.3 Å². The van der Waals surface area contributed by atoms with Crippen LogP contribution in [0.15, 0.2) is 54.9 Å². The first-order valence-electron chi connectivity index (χ1n) is 12.2. The molecule has 36 heavy (non-hydrogen) atoms. The Bertz CT molecular complexity index is 1120. The van der Waals surface area contributed by atoms with Crippen LogP contribution < -0.4 is 14.2 Å². The number of hydrogen-bond donors (Lipinski definition) is 1. The summed E-state index contributed by atoms with van der Waals surface area (Å²) >= 11 is 0. The number of β-amino-alcohol motifs (C(OH)–C–C–N with tert-alkyl or cyclic N) is 1. The Morgan fingerprint density at radius 1 is 1.17 bits per heavy atom. The van der Waals surface area contributed by atoms with Gasteiger partial charge in [-0.3, -0.25) is 4.90 Å². The Morgan fingerprint density at radius 2 is 2.06 bits per heavy atom. The standard InChI is InChI=1S/C27H34FN3O5/c1-3-26-29-9-10-31(26)12-14-35-25-15-21(7-8-24(25)33-2)17-30-11-13-34-19-27(32,18-30)20-36-23-6-4-5-22(28)16-23/h4-10,15-16,32H,3,11-14,17-20H2,1-2H3/t27-/m0/s1. The molecule has 0 radical (unpaired) electrons. The molecule has 194 valence electrons. The van der Waals surface area contributed by atoms with Crippen LogP contribution in [0.2, 0.25) is 0 Å². The lowest BCUT2D eigenvalue weighted by Crippen LogP contribution is -2.48. The van der Waals surface area contributed by atoms with E-state index in [4.69, 9.17) is 18.9 Å². The molecule has 0 spiro atoms. The van der Waals surface area contributed by atoms with Crippen LogP contribution in [0.5, 0.6) is 17.2 Å². The van der Waals surface area contributed by atoms with Gasteiger partial charge in [0.25, 0.3) is 0 Å². The molecule has 1 aromatic heterocycles. The number of rotatable bonds is 11. The smallest absolute Gasteiger partial charge is 0.161 e. The van der Waals surface area contributed by atoms with Crippen LogP contribution in [-0.2, 0) is 24.2 Å². The number of aromatic nitrogens is 2. The van der Waals surface area contributed by atoms with Gasteiger partial charge in [0.15, 0.2) is 11.5 Å². The van der Waals surface area contributed by atoms with Gasteiger partial charge in [-0.1, -0.05) is 19.1 Å². The average Bonchev–Trinajstić information content (AvgIpc) is 3.25. The molecule has 0 bridgehead atoms. The first-order valence-corrected chi connectivity index (χ1v) is 12.2. The first kappa shape index (κ1) is 25.9. The Kier molecular flexibility index (Phi) is 8.79. The molecule has 1 saturated heterocycles. The van der Waals surface area contributed by atoms with E-state index in [0.717, 1.165) is 17.8 Å². The summed E-state index contributed by atoms with van der Waals surface area (Å²) in [5.74, 6) is 2.35. The Balaban J connectivity index is 1.38. The molecule has 1 atom stereocenters. The second-order valence-corrected chi connectivity index (χ2v) is 8.96. The van der Waals surface area contributed by atoms with Crippen LogP contribution in [0.3, 0.4) is 0 Å². The van der Waals surface area contributed by atoms with E-state index in [1.165, 1.54) is 12.1 Å². The molecule has 0 amide bonds. The van der Waals surface area contributed by atoms with E-state index >= 15 is 0 Å². The summed E-state index contributed by atoms with van der Waals surface area (Å²) in [5, 5.41) is 11.2. The highest BCUT2D eigenvalue weighted by atomic mass is 19.1. The van der Waals surface area contributed by atoms with E-state index in [2.05, 4.69) is 21.4 Å². The normalized spacial score (nSPS) is 18.6. The molecule has 1 aliphatic rings. The lowest BCUT2D eigenvalue weighted by molar-refractivity contribution is -0.0647. The summed E-state index contributed by atoms with van der Waals surface area (Å²) < 4.78 is 38.5. The van der Waals surface area contributed by atoms with Crippen molar-refractivity contribution >= 4 is 0 Å². The molecule has 2 heterocycles. The maximum absolute atomic E-state index is 13.5. The van der Waals surface area contributed by atoms with Gasteiger partial charge in [0, 0.05) is 44.5 Å². The Morgan fingerprint density at radius 3 is 2.86 bits per heavy atom. The van der Waals surface area contributed by atoms with Crippen molar-refractivity contribution in [1.82, 2.24) is 14.5 Å². The number of ether oxygens (including phenoxy) is 4. The molecule has 0 aliphatic carbocycles. The zero-order chi connectivity index (χ0) is 25.4. The highest BCUT2D eigenvalue weighted by Crippen LogP contribution is 2.29. The monoisotopic (exact) mass is 499 g/mol. The molecule has 1 fully saturated rings.